The van der Waals surface area contributed by atoms with E-state index < -0.39 is 5.97 Å². The zero-order chi connectivity index (χ0) is 14.1. The quantitative estimate of drug-likeness (QED) is 0.735. The van der Waals surface area contributed by atoms with Gasteiger partial charge in [0, 0.05) is 5.56 Å². The van der Waals surface area contributed by atoms with Crippen LogP contribution in [0.15, 0.2) is 53.1 Å². The lowest BCUT2D eigenvalue weighted by Gasteiger charge is -2.09. The SMILES string of the molecule is O=Cc1ccoc1-c1c(C(=O)O)ccc2ccccc12. The van der Waals surface area contributed by atoms with E-state index in [1.54, 1.807) is 6.07 Å². The van der Waals surface area contributed by atoms with Crippen molar-refractivity contribution < 1.29 is 19.1 Å². The highest BCUT2D eigenvalue weighted by Gasteiger charge is 2.19. The molecular formula is C16H10O4. The van der Waals surface area contributed by atoms with E-state index in [4.69, 9.17) is 4.42 Å². The third-order valence-corrected chi connectivity index (χ3v) is 3.21. The summed E-state index contributed by atoms with van der Waals surface area (Å²) < 4.78 is 5.35. The standard InChI is InChI=1S/C16H10O4/c17-9-11-7-8-20-15(11)14-12-4-2-1-3-10(12)5-6-13(14)16(18)19/h1-9H,(H,18,19). The van der Waals surface area contributed by atoms with Crippen LogP contribution < -0.4 is 0 Å². The number of carbonyl (C=O) groups excluding carboxylic acids is 1. The van der Waals surface area contributed by atoms with E-state index in [1.165, 1.54) is 18.4 Å². The molecule has 0 spiro atoms. The third kappa shape index (κ3) is 1.78. The molecule has 0 aliphatic rings. The number of carbonyl (C=O) groups is 2. The minimum absolute atomic E-state index is 0.113. The minimum atomic E-state index is -1.06. The first-order valence-electron chi connectivity index (χ1n) is 6.00. The number of aldehydes is 1. The van der Waals surface area contributed by atoms with Gasteiger partial charge >= 0.3 is 5.97 Å². The second kappa shape index (κ2) is 4.66. The summed E-state index contributed by atoms with van der Waals surface area (Å²) in [5.74, 6) is -0.770. The molecule has 1 N–H and O–H groups in total. The molecule has 0 aliphatic heterocycles. The van der Waals surface area contributed by atoms with Crippen molar-refractivity contribution in [1.29, 1.82) is 0 Å². The highest BCUT2D eigenvalue weighted by molar-refractivity contribution is 6.08. The number of aromatic carboxylic acids is 1. The van der Waals surface area contributed by atoms with Crippen LogP contribution >= 0.6 is 0 Å². The molecule has 0 amide bonds. The number of carboxylic acids is 1. The number of furan rings is 1. The molecule has 0 fully saturated rings. The Morgan fingerprint density at radius 2 is 1.90 bits per heavy atom. The summed E-state index contributed by atoms with van der Waals surface area (Å²) in [6.07, 6.45) is 2.04. The Hall–Kier alpha value is -2.88. The maximum Gasteiger partial charge on any atom is 0.336 e. The van der Waals surface area contributed by atoms with Gasteiger partial charge in [-0.25, -0.2) is 4.79 Å². The van der Waals surface area contributed by atoms with Gasteiger partial charge in [-0.2, -0.15) is 0 Å². The van der Waals surface area contributed by atoms with E-state index in [1.807, 2.05) is 24.3 Å². The van der Waals surface area contributed by atoms with Crippen LogP contribution in [0.5, 0.6) is 0 Å². The van der Waals surface area contributed by atoms with E-state index in [9.17, 15) is 14.7 Å². The molecule has 4 nitrogen and oxygen atoms in total. The summed E-state index contributed by atoms with van der Waals surface area (Å²) in [5.41, 5.74) is 0.883. The normalized spacial score (nSPS) is 10.6. The summed E-state index contributed by atoms with van der Waals surface area (Å²) in [4.78, 5) is 22.5. The topological polar surface area (TPSA) is 67.5 Å². The Kier molecular flexibility index (Phi) is 2.84. The van der Waals surface area contributed by atoms with Gasteiger partial charge in [0.15, 0.2) is 6.29 Å². The second-order valence-electron chi connectivity index (χ2n) is 4.34. The lowest BCUT2D eigenvalue weighted by Crippen LogP contribution is -2.00. The fourth-order valence-electron chi connectivity index (χ4n) is 2.31. The molecule has 98 valence electrons. The summed E-state index contributed by atoms with van der Waals surface area (Å²) in [6.45, 7) is 0. The molecule has 3 aromatic rings. The Morgan fingerprint density at radius 1 is 1.10 bits per heavy atom. The molecule has 3 rings (SSSR count). The van der Waals surface area contributed by atoms with Crippen molar-refractivity contribution in [3.8, 4) is 11.3 Å². The molecule has 0 saturated heterocycles. The molecule has 0 atom stereocenters. The number of fused-ring (bicyclic) bond motifs is 1. The Bertz CT molecular complexity index is 814. The number of hydrogen-bond acceptors (Lipinski definition) is 3. The van der Waals surface area contributed by atoms with Crippen molar-refractivity contribution in [1.82, 2.24) is 0 Å². The van der Waals surface area contributed by atoms with Gasteiger partial charge in [-0.05, 0) is 22.9 Å². The van der Waals surface area contributed by atoms with Crippen LogP contribution in [0.1, 0.15) is 20.7 Å². The molecule has 0 radical (unpaired) electrons. The number of benzene rings is 2. The summed E-state index contributed by atoms with van der Waals surface area (Å²) in [7, 11) is 0. The fraction of sp³-hybridized carbons (Fsp3) is 0. The molecule has 0 unspecified atom stereocenters. The maximum atomic E-state index is 11.4. The van der Waals surface area contributed by atoms with Gasteiger partial charge in [0.1, 0.15) is 5.76 Å². The zero-order valence-electron chi connectivity index (χ0n) is 10.4. The van der Waals surface area contributed by atoms with Gasteiger partial charge < -0.3 is 9.52 Å². The third-order valence-electron chi connectivity index (χ3n) is 3.21. The average molecular weight is 266 g/mol. The second-order valence-corrected chi connectivity index (χ2v) is 4.34. The van der Waals surface area contributed by atoms with Crippen LogP contribution in [0.4, 0.5) is 0 Å². The minimum Gasteiger partial charge on any atom is -0.478 e. The van der Waals surface area contributed by atoms with E-state index in [0.717, 1.165) is 10.8 Å². The lowest BCUT2D eigenvalue weighted by molar-refractivity contribution is 0.0697. The Balaban J connectivity index is 2.45. The molecule has 2 aromatic carbocycles. The van der Waals surface area contributed by atoms with Crippen LogP contribution in [0, 0.1) is 0 Å². The van der Waals surface area contributed by atoms with Crippen LogP contribution in [0.25, 0.3) is 22.1 Å². The van der Waals surface area contributed by atoms with Crippen molar-refractivity contribution in [2.75, 3.05) is 0 Å². The van der Waals surface area contributed by atoms with Crippen molar-refractivity contribution in [3.05, 3.63) is 59.9 Å². The summed E-state index contributed by atoms with van der Waals surface area (Å²) >= 11 is 0. The van der Waals surface area contributed by atoms with Gasteiger partial charge in [-0.15, -0.1) is 0 Å². The van der Waals surface area contributed by atoms with Crippen molar-refractivity contribution >= 4 is 23.0 Å². The van der Waals surface area contributed by atoms with Crippen molar-refractivity contribution in [2.24, 2.45) is 0 Å². The Morgan fingerprint density at radius 3 is 2.65 bits per heavy atom. The Labute approximate surface area is 114 Å². The average Bonchev–Trinajstić information content (AvgIpc) is 2.93. The molecule has 0 bridgehead atoms. The first-order chi connectivity index (χ1) is 9.72. The van der Waals surface area contributed by atoms with Gasteiger partial charge in [0.2, 0.25) is 0 Å². The molecule has 0 aliphatic carbocycles. The van der Waals surface area contributed by atoms with E-state index >= 15 is 0 Å². The fourth-order valence-corrected chi connectivity index (χ4v) is 2.31. The molecule has 1 aromatic heterocycles. The predicted molar refractivity (Wildman–Crippen MR) is 74.0 cm³/mol. The van der Waals surface area contributed by atoms with Crippen LogP contribution in [-0.2, 0) is 0 Å². The summed E-state index contributed by atoms with van der Waals surface area (Å²) in [6, 6.07) is 12.2. The van der Waals surface area contributed by atoms with E-state index in [-0.39, 0.29) is 11.3 Å². The maximum absolute atomic E-state index is 11.4. The van der Waals surface area contributed by atoms with E-state index in [2.05, 4.69) is 0 Å². The highest BCUT2D eigenvalue weighted by atomic mass is 16.4. The van der Waals surface area contributed by atoms with Crippen LogP contribution in [0.3, 0.4) is 0 Å². The predicted octanol–water partition coefficient (Wildman–Crippen LogP) is 3.61. The van der Waals surface area contributed by atoms with Gasteiger partial charge in [-0.3, -0.25) is 4.79 Å². The number of carboxylic acid groups (broad SMARTS) is 1. The molecule has 20 heavy (non-hydrogen) atoms. The molecule has 4 heteroatoms. The monoisotopic (exact) mass is 266 g/mol. The number of rotatable bonds is 3. The van der Waals surface area contributed by atoms with Crippen LogP contribution in [-0.4, -0.2) is 17.4 Å². The summed E-state index contributed by atoms with van der Waals surface area (Å²) in [5, 5.41) is 11.0. The van der Waals surface area contributed by atoms with Crippen LogP contribution in [0.2, 0.25) is 0 Å². The highest BCUT2D eigenvalue weighted by Crippen LogP contribution is 2.34. The smallest absolute Gasteiger partial charge is 0.336 e. The van der Waals surface area contributed by atoms with Crippen molar-refractivity contribution in [2.45, 2.75) is 0 Å². The van der Waals surface area contributed by atoms with Gasteiger partial charge in [-0.1, -0.05) is 30.3 Å². The molecule has 1 heterocycles. The van der Waals surface area contributed by atoms with Gasteiger partial charge in [0.25, 0.3) is 0 Å². The number of hydrogen-bond donors (Lipinski definition) is 1. The molecule has 0 saturated carbocycles. The largest absolute Gasteiger partial charge is 0.478 e. The first-order valence-corrected chi connectivity index (χ1v) is 6.00. The lowest BCUT2D eigenvalue weighted by atomic mass is 9.95. The zero-order valence-corrected chi connectivity index (χ0v) is 10.4. The van der Waals surface area contributed by atoms with E-state index in [0.29, 0.717) is 17.4 Å². The van der Waals surface area contributed by atoms with Gasteiger partial charge in [0.05, 0.1) is 17.4 Å². The molecular weight excluding hydrogens is 256 g/mol. The van der Waals surface area contributed by atoms with Crippen molar-refractivity contribution in [3.63, 3.8) is 0 Å². The first kappa shape index (κ1) is 12.2.